The van der Waals surface area contributed by atoms with Gasteiger partial charge in [0.1, 0.15) is 5.38 Å². The van der Waals surface area contributed by atoms with Gasteiger partial charge in [-0.15, -0.1) is 11.6 Å². The zero-order chi connectivity index (χ0) is 13.5. The molecule has 2 unspecified atom stereocenters. The first-order valence-corrected chi connectivity index (χ1v) is 6.63. The average Bonchev–Trinajstić information content (AvgIpc) is 2.39. The number of aliphatic hydroxyl groups is 1. The second kappa shape index (κ2) is 7.39. The van der Waals surface area contributed by atoms with E-state index in [1.165, 1.54) is 0 Å². The second-order valence-electron chi connectivity index (χ2n) is 4.31. The van der Waals surface area contributed by atoms with Crippen molar-refractivity contribution in [2.75, 3.05) is 6.61 Å². The first-order valence-electron chi connectivity index (χ1n) is 6.19. The van der Waals surface area contributed by atoms with Gasteiger partial charge in [-0.25, -0.2) is 0 Å². The molecule has 1 aromatic rings. The molecule has 0 aliphatic rings. The molecule has 1 amide bonds. The molecule has 0 spiro atoms. The molecule has 0 bridgehead atoms. The number of hydrogen-bond donors (Lipinski definition) is 1. The van der Waals surface area contributed by atoms with E-state index in [0.717, 1.165) is 5.56 Å². The largest absolute Gasteiger partial charge is 0.394 e. The van der Waals surface area contributed by atoms with E-state index in [9.17, 15) is 9.90 Å². The number of rotatable bonds is 6. The molecule has 1 N–H and O–H groups in total. The molecule has 0 heterocycles. The third kappa shape index (κ3) is 4.00. The lowest BCUT2D eigenvalue weighted by Crippen LogP contribution is -2.44. The molecular formula is C14H20ClNO2. The molecule has 0 aromatic heterocycles. The van der Waals surface area contributed by atoms with Gasteiger partial charge in [-0.1, -0.05) is 37.3 Å². The number of nitrogens with zero attached hydrogens (tertiary/aromatic N) is 1. The number of carbonyl (C=O) groups is 1. The molecule has 1 aromatic carbocycles. The van der Waals surface area contributed by atoms with Crippen molar-refractivity contribution in [3.8, 4) is 0 Å². The van der Waals surface area contributed by atoms with E-state index in [4.69, 9.17) is 11.6 Å². The van der Waals surface area contributed by atoms with Crippen molar-refractivity contribution in [3.05, 3.63) is 35.9 Å². The summed E-state index contributed by atoms with van der Waals surface area (Å²) < 4.78 is 0. The van der Waals surface area contributed by atoms with Crippen LogP contribution in [0.4, 0.5) is 0 Å². The van der Waals surface area contributed by atoms with Gasteiger partial charge in [0.25, 0.3) is 0 Å². The molecule has 0 fully saturated rings. The highest BCUT2D eigenvalue weighted by molar-refractivity contribution is 6.30. The van der Waals surface area contributed by atoms with Gasteiger partial charge in [0, 0.05) is 6.54 Å². The van der Waals surface area contributed by atoms with E-state index in [2.05, 4.69) is 0 Å². The van der Waals surface area contributed by atoms with Gasteiger partial charge in [-0.05, 0) is 18.9 Å². The topological polar surface area (TPSA) is 40.5 Å². The van der Waals surface area contributed by atoms with Crippen molar-refractivity contribution < 1.29 is 9.90 Å². The van der Waals surface area contributed by atoms with Gasteiger partial charge in [-0.3, -0.25) is 4.79 Å². The van der Waals surface area contributed by atoms with Crippen LogP contribution in [0.25, 0.3) is 0 Å². The zero-order valence-corrected chi connectivity index (χ0v) is 11.6. The van der Waals surface area contributed by atoms with Crippen LogP contribution in [0.5, 0.6) is 0 Å². The van der Waals surface area contributed by atoms with Gasteiger partial charge in [-0.2, -0.15) is 0 Å². The third-order valence-corrected chi connectivity index (χ3v) is 3.13. The fraction of sp³-hybridized carbons (Fsp3) is 0.500. The Bertz CT molecular complexity index is 363. The van der Waals surface area contributed by atoms with Crippen molar-refractivity contribution in [1.29, 1.82) is 0 Å². The van der Waals surface area contributed by atoms with E-state index >= 15 is 0 Å². The predicted molar refractivity (Wildman–Crippen MR) is 73.5 cm³/mol. The zero-order valence-electron chi connectivity index (χ0n) is 10.8. The first-order chi connectivity index (χ1) is 8.60. The van der Waals surface area contributed by atoms with E-state index in [-0.39, 0.29) is 18.6 Å². The summed E-state index contributed by atoms with van der Waals surface area (Å²) in [6.07, 6.45) is 0.707. The normalized spacial score (nSPS) is 14.0. The molecule has 0 aliphatic heterocycles. The van der Waals surface area contributed by atoms with Crippen molar-refractivity contribution >= 4 is 17.5 Å². The van der Waals surface area contributed by atoms with Gasteiger partial charge >= 0.3 is 0 Å². The van der Waals surface area contributed by atoms with Crippen molar-refractivity contribution in [1.82, 2.24) is 4.90 Å². The maximum Gasteiger partial charge on any atom is 0.240 e. The molecule has 4 heteroatoms. The monoisotopic (exact) mass is 269 g/mol. The minimum Gasteiger partial charge on any atom is -0.394 e. The molecule has 2 atom stereocenters. The van der Waals surface area contributed by atoms with Crippen LogP contribution in [0.1, 0.15) is 25.8 Å². The summed E-state index contributed by atoms with van der Waals surface area (Å²) in [6.45, 7) is 4.05. The lowest BCUT2D eigenvalue weighted by molar-refractivity contribution is -0.134. The number of aliphatic hydroxyl groups excluding tert-OH is 1. The Labute approximate surface area is 113 Å². The fourth-order valence-corrected chi connectivity index (χ4v) is 1.97. The molecule has 100 valence electrons. The quantitative estimate of drug-likeness (QED) is 0.806. The number of carbonyl (C=O) groups excluding carboxylic acids is 1. The second-order valence-corrected chi connectivity index (χ2v) is 4.97. The Balaban J connectivity index is 2.87. The fourth-order valence-electron chi connectivity index (χ4n) is 1.84. The Kier molecular flexibility index (Phi) is 6.16. The highest BCUT2D eigenvalue weighted by atomic mass is 35.5. The third-order valence-electron chi connectivity index (χ3n) is 2.94. The molecule has 1 rings (SSSR count). The predicted octanol–water partition coefficient (Wildman–Crippen LogP) is 2.41. The van der Waals surface area contributed by atoms with Crippen molar-refractivity contribution in [2.24, 2.45) is 0 Å². The number of amides is 1. The van der Waals surface area contributed by atoms with E-state index in [0.29, 0.717) is 13.0 Å². The van der Waals surface area contributed by atoms with E-state index in [1.54, 1.807) is 11.8 Å². The number of hydrogen-bond acceptors (Lipinski definition) is 2. The average molecular weight is 270 g/mol. The number of alkyl halides is 1. The maximum absolute atomic E-state index is 12.1. The van der Waals surface area contributed by atoms with Crippen LogP contribution in [-0.4, -0.2) is 33.9 Å². The van der Waals surface area contributed by atoms with Crippen LogP contribution in [0.15, 0.2) is 30.3 Å². The summed E-state index contributed by atoms with van der Waals surface area (Å²) in [6, 6.07) is 9.54. The lowest BCUT2D eigenvalue weighted by atomic mass is 10.1. The van der Waals surface area contributed by atoms with Crippen LogP contribution in [0.2, 0.25) is 0 Å². The van der Waals surface area contributed by atoms with E-state index < -0.39 is 5.38 Å². The van der Waals surface area contributed by atoms with Crippen LogP contribution in [-0.2, 0) is 11.3 Å². The summed E-state index contributed by atoms with van der Waals surface area (Å²) in [4.78, 5) is 13.7. The minimum absolute atomic E-state index is 0.0430. The summed E-state index contributed by atoms with van der Waals surface area (Å²) in [5.74, 6) is -0.138. The summed E-state index contributed by atoms with van der Waals surface area (Å²) in [7, 11) is 0. The Hall–Kier alpha value is -1.06. The molecule has 3 nitrogen and oxygen atoms in total. The van der Waals surface area contributed by atoms with Gasteiger partial charge in [0.05, 0.1) is 12.6 Å². The first kappa shape index (κ1) is 15.0. The number of halogens is 1. The highest BCUT2D eigenvalue weighted by Crippen LogP contribution is 2.14. The molecule has 0 saturated carbocycles. The van der Waals surface area contributed by atoms with Crippen LogP contribution in [0, 0.1) is 0 Å². The van der Waals surface area contributed by atoms with Crippen LogP contribution >= 0.6 is 11.6 Å². The lowest BCUT2D eigenvalue weighted by Gasteiger charge is -2.31. The smallest absolute Gasteiger partial charge is 0.240 e. The Morgan fingerprint density at radius 2 is 2.00 bits per heavy atom. The maximum atomic E-state index is 12.1. The highest BCUT2D eigenvalue weighted by Gasteiger charge is 2.24. The molecule has 0 saturated heterocycles. The minimum atomic E-state index is -0.575. The molecule has 18 heavy (non-hydrogen) atoms. The Morgan fingerprint density at radius 3 is 2.44 bits per heavy atom. The summed E-state index contributed by atoms with van der Waals surface area (Å²) >= 11 is 5.87. The summed E-state index contributed by atoms with van der Waals surface area (Å²) in [5, 5.41) is 8.79. The Morgan fingerprint density at radius 1 is 1.39 bits per heavy atom. The van der Waals surface area contributed by atoms with E-state index in [1.807, 2.05) is 37.3 Å². The van der Waals surface area contributed by atoms with Gasteiger partial charge in [0.15, 0.2) is 0 Å². The van der Waals surface area contributed by atoms with Crippen molar-refractivity contribution in [3.63, 3.8) is 0 Å². The van der Waals surface area contributed by atoms with Gasteiger partial charge in [0.2, 0.25) is 5.91 Å². The standard InChI is InChI=1S/C14H20ClNO2/c1-3-13(10-17)16(14(18)11(2)15)9-12-7-5-4-6-8-12/h4-8,11,13,17H,3,9-10H2,1-2H3. The van der Waals surface area contributed by atoms with Gasteiger partial charge < -0.3 is 10.0 Å². The molecule has 0 aliphatic carbocycles. The molecular weight excluding hydrogens is 250 g/mol. The van der Waals surface area contributed by atoms with Crippen molar-refractivity contribution in [2.45, 2.75) is 38.2 Å². The SMILES string of the molecule is CCC(CO)N(Cc1ccccc1)C(=O)C(C)Cl. The van der Waals surface area contributed by atoms with Crippen LogP contribution < -0.4 is 0 Å². The van der Waals surface area contributed by atoms with Crippen LogP contribution in [0.3, 0.4) is 0 Å². The number of benzene rings is 1. The molecule has 0 radical (unpaired) electrons. The summed E-state index contributed by atoms with van der Waals surface area (Å²) in [5.41, 5.74) is 1.04.